The highest BCUT2D eigenvalue weighted by atomic mass is 16.5. The van der Waals surface area contributed by atoms with E-state index < -0.39 is 0 Å². The van der Waals surface area contributed by atoms with Crippen LogP contribution in [-0.4, -0.2) is 73.6 Å². The monoisotopic (exact) mass is 365 g/mol. The number of hydrogen-bond acceptors (Lipinski definition) is 5. The molecule has 0 bridgehead atoms. The Hall–Kier alpha value is -1.86. The van der Waals surface area contributed by atoms with E-state index in [4.69, 9.17) is 9.15 Å². The van der Waals surface area contributed by atoms with Crippen molar-refractivity contribution in [3.05, 3.63) is 24.2 Å². The van der Waals surface area contributed by atoms with Crippen molar-refractivity contribution in [1.29, 1.82) is 0 Å². The van der Waals surface area contributed by atoms with Crippen LogP contribution < -0.4 is 5.32 Å². The molecule has 1 aromatic rings. The summed E-state index contributed by atoms with van der Waals surface area (Å²) in [7, 11) is 0. The summed E-state index contributed by atoms with van der Waals surface area (Å²) in [4.78, 5) is 28.8. The van der Waals surface area contributed by atoms with Gasteiger partial charge in [0.15, 0.2) is 0 Å². The van der Waals surface area contributed by atoms with E-state index in [9.17, 15) is 9.59 Å². The van der Waals surface area contributed by atoms with Gasteiger partial charge in [-0.15, -0.1) is 0 Å². The lowest BCUT2D eigenvalue weighted by Gasteiger charge is -2.28. The average Bonchev–Trinajstić information content (AvgIpc) is 3.20. The molecule has 0 spiro atoms. The molecule has 1 fully saturated rings. The molecule has 7 heteroatoms. The van der Waals surface area contributed by atoms with Crippen LogP contribution in [0.4, 0.5) is 0 Å². The lowest BCUT2D eigenvalue weighted by atomic mass is 10.1. The zero-order chi connectivity index (χ0) is 18.8. The number of nitrogens with one attached hydrogen (secondary N) is 1. The van der Waals surface area contributed by atoms with Crippen LogP contribution in [0.15, 0.2) is 23.0 Å². The molecule has 7 nitrogen and oxygen atoms in total. The minimum atomic E-state index is -0.0896. The highest BCUT2D eigenvalue weighted by Gasteiger charge is 2.22. The molecule has 1 aliphatic heterocycles. The van der Waals surface area contributed by atoms with Crippen molar-refractivity contribution in [1.82, 2.24) is 15.1 Å². The molecule has 1 unspecified atom stereocenters. The minimum absolute atomic E-state index is 0.0136. The molecule has 1 N–H and O–H groups in total. The van der Waals surface area contributed by atoms with E-state index in [2.05, 4.69) is 10.2 Å². The van der Waals surface area contributed by atoms with E-state index in [1.165, 1.54) is 12.5 Å². The molecule has 2 rings (SSSR count). The van der Waals surface area contributed by atoms with E-state index in [0.717, 1.165) is 45.7 Å². The molecule has 0 aromatic carbocycles. The van der Waals surface area contributed by atoms with Crippen LogP contribution in [0.5, 0.6) is 0 Å². The second kappa shape index (κ2) is 11.0. The molecule has 1 aromatic heterocycles. The van der Waals surface area contributed by atoms with Gasteiger partial charge in [0.05, 0.1) is 25.0 Å². The smallest absolute Gasteiger partial charge is 0.257 e. The molecule has 0 radical (unpaired) electrons. The topological polar surface area (TPSA) is 75.0 Å². The Bertz CT molecular complexity index is 541. The predicted molar refractivity (Wildman–Crippen MR) is 99.0 cm³/mol. The Labute approximate surface area is 155 Å². The fraction of sp³-hybridized carbons (Fsp3) is 0.684. The van der Waals surface area contributed by atoms with Gasteiger partial charge in [0.1, 0.15) is 6.26 Å². The normalized spacial score (nSPS) is 16.2. The van der Waals surface area contributed by atoms with Crippen LogP contribution >= 0.6 is 0 Å². The number of nitrogens with zero attached hydrogens (tertiary/aromatic N) is 2. The summed E-state index contributed by atoms with van der Waals surface area (Å²) >= 11 is 0. The Morgan fingerprint density at radius 1 is 1.35 bits per heavy atom. The number of carbonyl (C=O) groups excluding carboxylic acids is 2. The molecule has 2 amide bonds. The Kier molecular flexibility index (Phi) is 8.64. The Morgan fingerprint density at radius 2 is 2.12 bits per heavy atom. The molecule has 26 heavy (non-hydrogen) atoms. The number of carbonyl (C=O) groups is 2. The summed E-state index contributed by atoms with van der Waals surface area (Å²) in [6, 6.07) is 1.73. The molecular weight excluding hydrogens is 334 g/mol. The maximum absolute atomic E-state index is 12.6. The molecule has 1 atom stereocenters. The molecule has 0 saturated carbocycles. The summed E-state index contributed by atoms with van der Waals surface area (Å²) < 4.78 is 10.3. The van der Waals surface area contributed by atoms with Crippen molar-refractivity contribution in [2.24, 2.45) is 0 Å². The predicted octanol–water partition coefficient (Wildman–Crippen LogP) is 1.75. The van der Waals surface area contributed by atoms with Gasteiger partial charge in [-0.2, -0.15) is 0 Å². The Balaban J connectivity index is 1.69. The zero-order valence-electron chi connectivity index (χ0n) is 15.9. The van der Waals surface area contributed by atoms with E-state index >= 15 is 0 Å². The third kappa shape index (κ3) is 6.46. The number of ether oxygens (including phenoxy) is 1. The molecule has 1 saturated heterocycles. The first-order valence-corrected chi connectivity index (χ1v) is 9.51. The third-order valence-electron chi connectivity index (χ3n) is 4.81. The molecule has 1 aliphatic rings. The zero-order valence-corrected chi connectivity index (χ0v) is 15.9. The van der Waals surface area contributed by atoms with E-state index in [-0.39, 0.29) is 17.9 Å². The van der Waals surface area contributed by atoms with Gasteiger partial charge in [-0.3, -0.25) is 14.5 Å². The molecular formula is C19H31N3O4. The van der Waals surface area contributed by atoms with Crippen molar-refractivity contribution in [3.63, 3.8) is 0 Å². The van der Waals surface area contributed by atoms with Gasteiger partial charge in [-0.05, 0) is 32.4 Å². The maximum Gasteiger partial charge on any atom is 0.257 e. The largest absolute Gasteiger partial charge is 0.472 e. The van der Waals surface area contributed by atoms with Crippen molar-refractivity contribution in [2.45, 2.75) is 39.2 Å². The van der Waals surface area contributed by atoms with Crippen LogP contribution in [0.3, 0.4) is 0 Å². The van der Waals surface area contributed by atoms with Crippen molar-refractivity contribution in [2.75, 3.05) is 45.9 Å². The van der Waals surface area contributed by atoms with Crippen LogP contribution in [0.25, 0.3) is 0 Å². The highest BCUT2D eigenvalue weighted by Crippen LogP contribution is 2.12. The molecule has 2 heterocycles. The summed E-state index contributed by atoms with van der Waals surface area (Å²) in [5.74, 6) is -0.103. The standard InChI is InChI=1S/C19H31N3O4/c1-3-16(2)22(19(24)17-6-12-26-15-17)9-5-18(23)20-7-4-8-21-10-13-25-14-11-21/h6,12,15-16H,3-5,7-11,13-14H2,1-2H3,(H,20,23). The highest BCUT2D eigenvalue weighted by molar-refractivity contribution is 5.94. The summed E-state index contributed by atoms with van der Waals surface area (Å²) in [5, 5.41) is 2.95. The van der Waals surface area contributed by atoms with Gasteiger partial charge in [0, 0.05) is 38.6 Å². The van der Waals surface area contributed by atoms with E-state index in [0.29, 0.717) is 25.1 Å². The SMILES string of the molecule is CCC(C)N(CCC(=O)NCCCN1CCOCC1)C(=O)c1ccoc1. The maximum atomic E-state index is 12.6. The van der Waals surface area contributed by atoms with Crippen LogP contribution in [0.2, 0.25) is 0 Å². The Morgan fingerprint density at radius 3 is 2.77 bits per heavy atom. The summed E-state index contributed by atoms with van der Waals surface area (Å²) in [5.41, 5.74) is 0.524. The first-order chi connectivity index (χ1) is 12.6. The number of furan rings is 1. The van der Waals surface area contributed by atoms with Gasteiger partial charge in [0.25, 0.3) is 5.91 Å². The number of hydrogen-bond donors (Lipinski definition) is 1. The van der Waals surface area contributed by atoms with Crippen LogP contribution in [-0.2, 0) is 9.53 Å². The number of rotatable bonds is 10. The van der Waals surface area contributed by atoms with Crippen LogP contribution in [0.1, 0.15) is 43.5 Å². The lowest BCUT2D eigenvalue weighted by Crippen LogP contribution is -2.41. The quantitative estimate of drug-likeness (QED) is 0.640. The van der Waals surface area contributed by atoms with Gasteiger partial charge >= 0.3 is 0 Å². The van der Waals surface area contributed by atoms with Gasteiger partial charge in [-0.25, -0.2) is 0 Å². The second-order valence-electron chi connectivity index (χ2n) is 6.68. The van der Waals surface area contributed by atoms with Crippen molar-refractivity contribution >= 4 is 11.8 Å². The van der Waals surface area contributed by atoms with Crippen molar-refractivity contribution < 1.29 is 18.7 Å². The third-order valence-corrected chi connectivity index (χ3v) is 4.81. The van der Waals surface area contributed by atoms with Gasteiger partial charge in [-0.1, -0.05) is 6.92 Å². The minimum Gasteiger partial charge on any atom is -0.472 e. The second-order valence-corrected chi connectivity index (χ2v) is 6.68. The van der Waals surface area contributed by atoms with Gasteiger partial charge in [0.2, 0.25) is 5.91 Å². The molecule has 0 aliphatic carbocycles. The fourth-order valence-electron chi connectivity index (χ4n) is 2.96. The van der Waals surface area contributed by atoms with Crippen LogP contribution in [0, 0.1) is 0 Å². The average molecular weight is 365 g/mol. The van der Waals surface area contributed by atoms with E-state index in [1.54, 1.807) is 11.0 Å². The first kappa shape index (κ1) is 20.5. The van der Waals surface area contributed by atoms with E-state index in [1.807, 2.05) is 13.8 Å². The summed E-state index contributed by atoms with van der Waals surface area (Å²) in [6.07, 6.45) is 5.01. The van der Waals surface area contributed by atoms with Crippen molar-refractivity contribution in [3.8, 4) is 0 Å². The lowest BCUT2D eigenvalue weighted by molar-refractivity contribution is -0.121. The van der Waals surface area contributed by atoms with Gasteiger partial charge < -0.3 is 19.4 Å². The number of amides is 2. The fourth-order valence-corrected chi connectivity index (χ4v) is 2.96. The first-order valence-electron chi connectivity index (χ1n) is 9.51. The summed E-state index contributed by atoms with van der Waals surface area (Å²) in [6.45, 7) is 9.60. The number of morpholine rings is 1. The molecule has 146 valence electrons.